The van der Waals surface area contributed by atoms with Crippen LogP contribution in [-0.2, 0) is 6.42 Å². The van der Waals surface area contributed by atoms with Crippen molar-refractivity contribution in [2.75, 3.05) is 6.54 Å². The number of nitro groups is 1. The van der Waals surface area contributed by atoms with Gasteiger partial charge in [-0.1, -0.05) is 12.1 Å². The van der Waals surface area contributed by atoms with E-state index in [0.717, 1.165) is 24.8 Å². The van der Waals surface area contributed by atoms with Gasteiger partial charge in [0, 0.05) is 24.2 Å². The molecular formula is C15H24N4O2. The van der Waals surface area contributed by atoms with Crippen LogP contribution in [-0.4, -0.2) is 23.0 Å². The highest BCUT2D eigenvalue weighted by atomic mass is 16.6. The Morgan fingerprint density at radius 1 is 1.29 bits per heavy atom. The largest absolute Gasteiger partial charge is 0.370 e. The van der Waals surface area contributed by atoms with Crippen molar-refractivity contribution in [3.05, 3.63) is 39.9 Å². The average molecular weight is 292 g/mol. The van der Waals surface area contributed by atoms with Gasteiger partial charge in [0.2, 0.25) is 0 Å². The Morgan fingerprint density at radius 3 is 2.43 bits per heavy atom. The molecule has 0 heterocycles. The second-order valence-corrected chi connectivity index (χ2v) is 6.02. The van der Waals surface area contributed by atoms with Crippen molar-refractivity contribution >= 4 is 11.6 Å². The molecule has 0 radical (unpaired) electrons. The number of guanidine groups is 1. The molecule has 1 rings (SSSR count). The second kappa shape index (κ2) is 7.61. The highest BCUT2D eigenvalue weighted by molar-refractivity contribution is 5.78. The van der Waals surface area contributed by atoms with E-state index in [2.05, 4.69) is 10.3 Å². The van der Waals surface area contributed by atoms with Crippen LogP contribution in [0.1, 0.15) is 39.2 Å². The predicted molar refractivity (Wildman–Crippen MR) is 85.4 cm³/mol. The van der Waals surface area contributed by atoms with Crippen molar-refractivity contribution < 1.29 is 4.92 Å². The first-order valence-electron chi connectivity index (χ1n) is 7.09. The minimum absolute atomic E-state index is 0.0770. The van der Waals surface area contributed by atoms with Gasteiger partial charge in [-0.3, -0.25) is 15.1 Å². The van der Waals surface area contributed by atoms with E-state index in [9.17, 15) is 10.1 Å². The highest BCUT2D eigenvalue weighted by Crippen LogP contribution is 2.13. The van der Waals surface area contributed by atoms with Crippen LogP contribution in [0, 0.1) is 10.1 Å². The van der Waals surface area contributed by atoms with E-state index in [1.54, 1.807) is 24.3 Å². The molecule has 0 aliphatic rings. The highest BCUT2D eigenvalue weighted by Gasteiger charge is 2.09. The Hall–Kier alpha value is -2.11. The van der Waals surface area contributed by atoms with E-state index in [-0.39, 0.29) is 16.1 Å². The van der Waals surface area contributed by atoms with E-state index >= 15 is 0 Å². The molecule has 0 spiro atoms. The molecule has 1 aromatic rings. The fraction of sp³-hybridized carbons (Fsp3) is 0.533. The number of hydrogen-bond acceptors (Lipinski definition) is 3. The molecular weight excluding hydrogens is 268 g/mol. The number of unbranched alkanes of at least 4 members (excludes halogenated alkanes) is 1. The number of hydrogen-bond donors (Lipinski definition) is 2. The summed E-state index contributed by atoms with van der Waals surface area (Å²) in [6.45, 7) is 6.78. The molecule has 0 bridgehead atoms. The third-order valence-electron chi connectivity index (χ3n) is 2.81. The Morgan fingerprint density at radius 2 is 1.90 bits per heavy atom. The zero-order valence-corrected chi connectivity index (χ0v) is 12.9. The van der Waals surface area contributed by atoms with Crippen LogP contribution in [0.2, 0.25) is 0 Å². The molecule has 116 valence electrons. The van der Waals surface area contributed by atoms with Crippen LogP contribution < -0.4 is 11.1 Å². The molecule has 0 saturated heterocycles. The molecule has 0 aliphatic heterocycles. The molecule has 0 amide bonds. The lowest BCUT2D eigenvalue weighted by Gasteiger charge is -2.20. The average Bonchev–Trinajstić information content (AvgIpc) is 2.36. The Kier molecular flexibility index (Phi) is 6.14. The summed E-state index contributed by atoms with van der Waals surface area (Å²) in [5.41, 5.74) is 6.93. The van der Waals surface area contributed by atoms with Crippen molar-refractivity contribution in [1.29, 1.82) is 0 Å². The first-order chi connectivity index (χ1) is 9.78. The van der Waals surface area contributed by atoms with Crippen LogP contribution in [0.4, 0.5) is 5.69 Å². The van der Waals surface area contributed by atoms with Gasteiger partial charge in [0.25, 0.3) is 5.69 Å². The number of nitrogens with one attached hydrogen (secondary N) is 1. The monoisotopic (exact) mass is 292 g/mol. The number of nitrogens with zero attached hydrogens (tertiary/aromatic N) is 2. The number of rotatable bonds is 6. The third kappa shape index (κ3) is 7.29. The van der Waals surface area contributed by atoms with Crippen molar-refractivity contribution in [2.45, 2.75) is 45.6 Å². The van der Waals surface area contributed by atoms with Gasteiger partial charge < -0.3 is 11.1 Å². The van der Waals surface area contributed by atoms with Gasteiger partial charge in [0.05, 0.1) is 4.92 Å². The molecule has 0 aliphatic carbocycles. The molecule has 6 nitrogen and oxygen atoms in total. The van der Waals surface area contributed by atoms with Gasteiger partial charge in [-0.05, 0) is 45.6 Å². The summed E-state index contributed by atoms with van der Waals surface area (Å²) < 4.78 is 0. The molecule has 21 heavy (non-hydrogen) atoms. The van der Waals surface area contributed by atoms with E-state index in [1.165, 1.54) is 0 Å². The van der Waals surface area contributed by atoms with E-state index in [4.69, 9.17) is 5.73 Å². The topological polar surface area (TPSA) is 93.5 Å². The van der Waals surface area contributed by atoms with Crippen molar-refractivity contribution in [2.24, 2.45) is 10.7 Å². The molecule has 0 atom stereocenters. The lowest BCUT2D eigenvalue weighted by Crippen LogP contribution is -2.45. The zero-order valence-electron chi connectivity index (χ0n) is 12.9. The first-order valence-corrected chi connectivity index (χ1v) is 7.09. The van der Waals surface area contributed by atoms with Gasteiger partial charge in [-0.15, -0.1) is 0 Å². The van der Waals surface area contributed by atoms with Crippen molar-refractivity contribution in [3.8, 4) is 0 Å². The number of aryl methyl sites for hydroxylation is 1. The van der Waals surface area contributed by atoms with Gasteiger partial charge in [0.1, 0.15) is 0 Å². The normalized spacial score (nSPS) is 12.2. The maximum Gasteiger partial charge on any atom is 0.269 e. The molecule has 0 fully saturated rings. The number of benzene rings is 1. The fourth-order valence-corrected chi connectivity index (χ4v) is 1.85. The number of nitrogens with two attached hydrogens (primary N) is 1. The second-order valence-electron chi connectivity index (χ2n) is 6.02. The third-order valence-corrected chi connectivity index (χ3v) is 2.81. The molecule has 0 unspecified atom stereocenters. The predicted octanol–water partition coefficient (Wildman–Crippen LogP) is 2.62. The Bertz CT molecular complexity index is 489. The van der Waals surface area contributed by atoms with Gasteiger partial charge in [-0.2, -0.15) is 0 Å². The summed E-state index contributed by atoms with van der Waals surface area (Å²) >= 11 is 0. The number of aliphatic imine (C=N–C) groups is 1. The molecule has 6 heteroatoms. The van der Waals surface area contributed by atoms with Crippen molar-refractivity contribution in [3.63, 3.8) is 0 Å². The summed E-state index contributed by atoms with van der Waals surface area (Å²) in [6.07, 6.45) is 2.80. The summed E-state index contributed by atoms with van der Waals surface area (Å²) in [5.74, 6) is 0.470. The summed E-state index contributed by atoms with van der Waals surface area (Å²) in [4.78, 5) is 14.4. The minimum atomic E-state index is -0.385. The molecule has 0 saturated carbocycles. The molecule has 0 aromatic heterocycles. The molecule has 1 aromatic carbocycles. The van der Waals surface area contributed by atoms with E-state index in [0.29, 0.717) is 12.5 Å². The van der Waals surface area contributed by atoms with Gasteiger partial charge in [-0.25, -0.2) is 0 Å². The van der Waals surface area contributed by atoms with E-state index < -0.39 is 0 Å². The van der Waals surface area contributed by atoms with Crippen LogP contribution >= 0.6 is 0 Å². The van der Waals surface area contributed by atoms with Crippen molar-refractivity contribution in [1.82, 2.24) is 5.32 Å². The Labute approximate surface area is 125 Å². The first kappa shape index (κ1) is 16.9. The van der Waals surface area contributed by atoms with Crippen LogP contribution in [0.25, 0.3) is 0 Å². The summed E-state index contributed by atoms with van der Waals surface area (Å²) in [6, 6.07) is 6.69. The quantitative estimate of drug-likeness (QED) is 0.277. The minimum Gasteiger partial charge on any atom is -0.370 e. The number of nitro benzene ring substituents is 1. The maximum atomic E-state index is 10.5. The fourth-order valence-electron chi connectivity index (χ4n) is 1.85. The van der Waals surface area contributed by atoms with Crippen LogP contribution in [0.3, 0.4) is 0 Å². The summed E-state index contributed by atoms with van der Waals surface area (Å²) in [7, 11) is 0. The van der Waals surface area contributed by atoms with Crippen LogP contribution in [0.15, 0.2) is 29.3 Å². The van der Waals surface area contributed by atoms with Crippen LogP contribution in [0.5, 0.6) is 0 Å². The standard InChI is InChI=1S/C15H24N4O2/c1-15(2,3)18-14(16)17-11-5-4-6-12-7-9-13(10-8-12)19(20)21/h7-10H,4-6,11H2,1-3H3,(H3,16,17,18). The lowest BCUT2D eigenvalue weighted by atomic mass is 10.1. The zero-order chi connectivity index (χ0) is 15.9. The Balaban J connectivity index is 2.28. The smallest absolute Gasteiger partial charge is 0.269 e. The van der Waals surface area contributed by atoms with Gasteiger partial charge >= 0.3 is 0 Å². The summed E-state index contributed by atoms with van der Waals surface area (Å²) in [5, 5.41) is 13.7. The lowest BCUT2D eigenvalue weighted by molar-refractivity contribution is -0.384. The molecule has 3 N–H and O–H groups in total. The van der Waals surface area contributed by atoms with Gasteiger partial charge in [0.15, 0.2) is 5.96 Å². The van der Waals surface area contributed by atoms with E-state index in [1.807, 2.05) is 20.8 Å². The SMILES string of the molecule is CC(C)(C)NC(N)=NCCCCc1ccc([N+](=O)[O-])cc1. The number of non-ortho nitro benzene ring substituents is 1. The maximum absolute atomic E-state index is 10.5.